The molecular weight excluding hydrogens is 216 g/mol. The predicted molar refractivity (Wildman–Crippen MR) is 55.2 cm³/mol. The third kappa shape index (κ3) is 5.64. The van der Waals surface area contributed by atoms with Crippen molar-refractivity contribution in [1.29, 1.82) is 0 Å². The van der Waals surface area contributed by atoms with Gasteiger partial charge in [-0.1, -0.05) is 0 Å². The van der Waals surface area contributed by atoms with E-state index in [2.05, 4.69) is 9.47 Å². The fraction of sp³-hybridized carbons (Fsp3) is 0.778. The van der Waals surface area contributed by atoms with Crippen LogP contribution in [0.15, 0.2) is 0 Å². The van der Waals surface area contributed by atoms with Gasteiger partial charge in [-0.05, 0) is 13.8 Å². The van der Waals surface area contributed by atoms with E-state index in [0.717, 1.165) is 0 Å². The lowest BCUT2D eigenvalue weighted by Crippen LogP contribution is -2.41. The molecular formula is C9H18N2O5. The molecule has 0 fully saturated rings. The first-order chi connectivity index (χ1) is 7.36. The summed E-state index contributed by atoms with van der Waals surface area (Å²) in [6.45, 7) is 2.66. The van der Waals surface area contributed by atoms with Crippen LogP contribution in [-0.4, -0.2) is 48.4 Å². The van der Waals surface area contributed by atoms with Crippen molar-refractivity contribution in [2.75, 3.05) is 13.2 Å². The second-order valence-corrected chi connectivity index (χ2v) is 3.39. The van der Waals surface area contributed by atoms with Crippen molar-refractivity contribution in [3.8, 4) is 0 Å². The third-order valence-corrected chi connectivity index (χ3v) is 1.74. The molecule has 0 saturated carbocycles. The maximum absolute atomic E-state index is 11.1. The summed E-state index contributed by atoms with van der Waals surface area (Å²) in [6.07, 6.45) is -0.987. The van der Waals surface area contributed by atoms with E-state index in [1.54, 1.807) is 0 Å². The van der Waals surface area contributed by atoms with Gasteiger partial charge in [0, 0.05) is 0 Å². The first-order valence-electron chi connectivity index (χ1n) is 4.88. The predicted octanol–water partition coefficient (Wildman–Crippen LogP) is -1.87. The highest BCUT2D eigenvalue weighted by Gasteiger charge is 2.20. The lowest BCUT2D eigenvalue weighted by atomic mass is 10.2. The Morgan fingerprint density at radius 2 is 1.56 bits per heavy atom. The Kier molecular flexibility index (Phi) is 6.63. The van der Waals surface area contributed by atoms with Crippen LogP contribution in [0.25, 0.3) is 0 Å². The van der Waals surface area contributed by atoms with Crippen LogP contribution in [0.1, 0.15) is 13.8 Å². The molecule has 7 heteroatoms. The van der Waals surface area contributed by atoms with Gasteiger partial charge in [0.2, 0.25) is 0 Å². The van der Waals surface area contributed by atoms with E-state index in [1.807, 2.05) is 0 Å². The van der Waals surface area contributed by atoms with Crippen LogP contribution in [0.3, 0.4) is 0 Å². The minimum Gasteiger partial charge on any atom is -0.461 e. The first-order valence-corrected chi connectivity index (χ1v) is 4.88. The number of aliphatic hydroxyl groups excluding tert-OH is 1. The van der Waals surface area contributed by atoms with Gasteiger partial charge < -0.3 is 26.0 Å². The van der Waals surface area contributed by atoms with Gasteiger partial charge in [-0.2, -0.15) is 0 Å². The number of rotatable bonds is 6. The highest BCUT2D eigenvalue weighted by atomic mass is 16.6. The third-order valence-electron chi connectivity index (χ3n) is 1.74. The van der Waals surface area contributed by atoms with Crippen LogP contribution in [0.5, 0.6) is 0 Å². The normalized spacial score (nSPS) is 16.1. The Bertz CT molecular complexity index is 242. The molecule has 0 aromatic heterocycles. The Hall–Kier alpha value is -1.18. The molecule has 0 heterocycles. The maximum atomic E-state index is 11.1. The topological polar surface area (TPSA) is 125 Å². The summed E-state index contributed by atoms with van der Waals surface area (Å²) in [6, 6.07) is -1.81. The number of nitrogens with two attached hydrogens (primary N) is 2. The van der Waals surface area contributed by atoms with Crippen molar-refractivity contribution in [3.63, 3.8) is 0 Å². The van der Waals surface area contributed by atoms with Crippen LogP contribution in [-0.2, 0) is 19.1 Å². The second kappa shape index (κ2) is 7.15. The molecule has 0 saturated heterocycles. The minimum atomic E-state index is -1.09. The number of aliphatic hydroxyl groups is 1. The highest BCUT2D eigenvalue weighted by Crippen LogP contribution is 1.93. The van der Waals surface area contributed by atoms with Crippen molar-refractivity contribution in [2.45, 2.75) is 32.0 Å². The van der Waals surface area contributed by atoms with Gasteiger partial charge in [-0.25, -0.2) is 0 Å². The van der Waals surface area contributed by atoms with E-state index in [0.29, 0.717) is 0 Å². The van der Waals surface area contributed by atoms with E-state index in [4.69, 9.17) is 16.6 Å². The molecule has 0 amide bonds. The number of hydrogen-bond donors (Lipinski definition) is 3. The van der Waals surface area contributed by atoms with Gasteiger partial charge >= 0.3 is 11.9 Å². The van der Waals surface area contributed by atoms with Crippen LogP contribution in [0.4, 0.5) is 0 Å². The van der Waals surface area contributed by atoms with Crippen LogP contribution in [0, 0.1) is 0 Å². The summed E-state index contributed by atoms with van der Waals surface area (Å²) in [5.74, 6) is -1.32. The molecule has 5 N–H and O–H groups in total. The summed E-state index contributed by atoms with van der Waals surface area (Å²) in [4.78, 5) is 22.0. The van der Waals surface area contributed by atoms with E-state index in [1.165, 1.54) is 13.8 Å². The zero-order chi connectivity index (χ0) is 12.7. The fourth-order valence-electron chi connectivity index (χ4n) is 0.709. The van der Waals surface area contributed by atoms with Crippen LogP contribution >= 0.6 is 0 Å². The average Bonchev–Trinajstić information content (AvgIpc) is 2.22. The van der Waals surface area contributed by atoms with Gasteiger partial charge in [-0.3, -0.25) is 9.59 Å². The van der Waals surface area contributed by atoms with Crippen molar-refractivity contribution < 1.29 is 24.2 Å². The van der Waals surface area contributed by atoms with Crippen molar-refractivity contribution >= 4 is 11.9 Å². The summed E-state index contributed by atoms with van der Waals surface area (Å²) in [5.41, 5.74) is 10.5. The van der Waals surface area contributed by atoms with Crippen molar-refractivity contribution in [2.24, 2.45) is 11.5 Å². The quantitative estimate of drug-likeness (QED) is 0.363. The minimum absolute atomic E-state index is 0.0847. The van der Waals surface area contributed by atoms with Crippen LogP contribution in [0.2, 0.25) is 0 Å². The molecule has 94 valence electrons. The molecule has 0 aliphatic carbocycles. The van der Waals surface area contributed by atoms with E-state index >= 15 is 0 Å². The Morgan fingerprint density at radius 3 is 1.94 bits per heavy atom. The number of carbonyl (C=O) groups is 2. The van der Waals surface area contributed by atoms with Gasteiger partial charge in [-0.15, -0.1) is 0 Å². The van der Waals surface area contributed by atoms with Gasteiger partial charge in [0.1, 0.15) is 25.3 Å². The molecule has 0 bridgehead atoms. The lowest BCUT2D eigenvalue weighted by Gasteiger charge is -2.13. The Labute approximate surface area is 93.7 Å². The Balaban J connectivity index is 3.67. The van der Waals surface area contributed by atoms with Gasteiger partial charge in [0.15, 0.2) is 0 Å². The van der Waals surface area contributed by atoms with Gasteiger partial charge in [0.25, 0.3) is 0 Å². The molecule has 0 aliphatic heterocycles. The van der Waals surface area contributed by atoms with Crippen molar-refractivity contribution in [3.05, 3.63) is 0 Å². The summed E-state index contributed by atoms with van der Waals surface area (Å²) in [5, 5.41) is 8.98. The smallest absolute Gasteiger partial charge is 0.325 e. The number of hydrogen-bond acceptors (Lipinski definition) is 7. The van der Waals surface area contributed by atoms with E-state index in [9.17, 15) is 9.59 Å². The summed E-state index contributed by atoms with van der Waals surface area (Å²) in [7, 11) is 0. The average molecular weight is 234 g/mol. The SMILES string of the molecule is C[C@H](N)C(=O)OCCOC(=O)[C@@H](N)[C@@H](C)O. The standard InChI is InChI=1S/C9H18N2O5/c1-5(10)8(13)15-3-4-16-9(14)7(11)6(2)12/h5-7,12H,3-4,10-11H2,1-2H3/t5-,6+,7-/m0/s1. The van der Waals surface area contributed by atoms with E-state index < -0.39 is 30.1 Å². The maximum Gasteiger partial charge on any atom is 0.325 e. The molecule has 0 aromatic carbocycles. The first kappa shape index (κ1) is 14.8. The van der Waals surface area contributed by atoms with E-state index in [-0.39, 0.29) is 13.2 Å². The van der Waals surface area contributed by atoms with Crippen LogP contribution < -0.4 is 11.5 Å². The van der Waals surface area contributed by atoms with Gasteiger partial charge in [0.05, 0.1) is 6.10 Å². The zero-order valence-electron chi connectivity index (χ0n) is 9.38. The second-order valence-electron chi connectivity index (χ2n) is 3.39. The molecule has 7 nitrogen and oxygen atoms in total. The molecule has 0 aromatic rings. The lowest BCUT2D eigenvalue weighted by molar-refractivity contribution is -0.155. The fourth-order valence-corrected chi connectivity index (χ4v) is 0.709. The summed E-state index contributed by atoms with van der Waals surface area (Å²) < 4.78 is 9.30. The Morgan fingerprint density at radius 1 is 1.12 bits per heavy atom. The molecule has 0 unspecified atom stereocenters. The molecule has 0 radical (unpaired) electrons. The molecule has 16 heavy (non-hydrogen) atoms. The molecule has 3 atom stereocenters. The zero-order valence-corrected chi connectivity index (χ0v) is 9.38. The summed E-state index contributed by atoms with van der Waals surface area (Å²) >= 11 is 0. The number of esters is 2. The number of ether oxygens (including phenoxy) is 2. The highest BCUT2D eigenvalue weighted by molar-refractivity contribution is 5.76. The largest absolute Gasteiger partial charge is 0.461 e. The molecule has 0 rings (SSSR count). The molecule has 0 aliphatic rings. The van der Waals surface area contributed by atoms with Crippen molar-refractivity contribution in [1.82, 2.24) is 0 Å². The monoisotopic (exact) mass is 234 g/mol. The molecule has 0 spiro atoms. The number of carbonyl (C=O) groups excluding carboxylic acids is 2.